The van der Waals surface area contributed by atoms with Crippen LogP contribution in [0.25, 0.3) is 22.2 Å². The Bertz CT molecular complexity index is 1220. The number of ether oxygens (including phenoxy) is 1. The van der Waals surface area contributed by atoms with Crippen molar-refractivity contribution in [1.29, 1.82) is 0 Å². The Balaban J connectivity index is 0.000000354. The van der Waals surface area contributed by atoms with Gasteiger partial charge >= 0.3 is 0 Å². The molecule has 32 heavy (non-hydrogen) atoms. The van der Waals surface area contributed by atoms with Crippen molar-refractivity contribution in [3.8, 4) is 11.1 Å². The zero-order chi connectivity index (χ0) is 22.7. The van der Waals surface area contributed by atoms with E-state index in [1.165, 1.54) is 12.1 Å². The highest BCUT2D eigenvalue weighted by molar-refractivity contribution is 5.95. The van der Waals surface area contributed by atoms with E-state index < -0.39 is 11.6 Å². The number of morpholine rings is 1. The van der Waals surface area contributed by atoms with Gasteiger partial charge in [-0.1, -0.05) is 0 Å². The molecular weight excluding hydrogens is 412 g/mol. The van der Waals surface area contributed by atoms with E-state index in [2.05, 4.69) is 20.0 Å². The molecule has 1 fully saturated rings. The molecule has 2 aromatic carbocycles. The van der Waals surface area contributed by atoms with Gasteiger partial charge in [0.15, 0.2) is 0 Å². The third kappa shape index (κ3) is 4.75. The zero-order valence-electron chi connectivity index (χ0n) is 18.3. The van der Waals surface area contributed by atoms with Gasteiger partial charge in [-0.05, 0) is 44.2 Å². The van der Waals surface area contributed by atoms with Crippen LogP contribution < -0.4 is 4.90 Å². The molecule has 2 aromatic heterocycles. The summed E-state index contributed by atoms with van der Waals surface area (Å²) >= 11 is 0. The minimum atomic E-state index is -0.606. The number of anilines is 1. The highest BCUT2D eigenvalue weighted by Gasteiger charge is 2.18. The Hall–Kier alpha value is -3.39. The highest BCUT2D eigenvalue weighted by Crippen LogP contribution is 2.34. The molecule has 4 aromatic rings. The first-order valence-electron chi connectivity index (χ1n) is 10.4. The number of fused-ring (bicyclic) bond motifs is 1. The maximum atomic E-state index is 14.5. The monoisotopic (exact) mass is 437 g/mol. The number of aryl methyl sites for hydroxylation is 3. The lowest BCUT2D eigenvalue weighted by Gasteiger charge is -2.29. The van der Waals surface area contributed by atoms with E-state index in [1.54, 1.807) is 10.9 Å². The fraction of sp³-hybridized carbons (Fsp3) is 0.292. The van der Waals surface area contributed by atoms with Gasteiger partial charge in [0.2, 0.25) is 0 Å². The zero-order valence-corrected chi connectivity index (χ0v) is 18.3. The normalized spacial score (nSPS) is 13.7. The molecule has 0 radical (unpaired) electrons. The quantitative estimate of drug-likeness (QED) is 0.464. The van der Waals surface area contributed by atoms with Gasteiger partial charge in [-0.25, -0.2) is 18.7 Å². The molecule has 8 heteroatoms. The molecule has 1 aliphatic rings. The summed E-state index contributed by atoms with van der Waals surface area (Å²) in [5.74, 6) is -1.21. The van der Waals surface area contributed by atoms with Gasteiger partial charge in [0.05, 0.1) is 35.6 Å². The van der Waals surface area contributed by atoms with Gasteiger partial charge in [0, 0.05) is 55.4 Å². The van der Waals surface area contributed by atoms with Gasteiger partial charge in [-0.15, -0.1) is 0 Å². The maximum Gasteiger partial charge on any atom is 0.134 e. The number of hydrogen-bond acceptors (Lipinski definition) is 5. The molecule has 1 saturated heterocycles. The third-order valence-electron chi connectivity index (χ3n) is 5.40. The second-order valence-electron chi connectivity index (χ2n) is 7.66. The highest BCUT2D eigenvalue weighted by atomic mass is 19.1. The first-order chi connectivity index (χ1) is 15.4. The van der Waals surface area contributed by atoms with Crippen molar-refractivity contribution in [3.63, 3.8) is 0 Å². The molecule has 1 aliphatic heterocycles. The summed E-state index contributed by atoms with van der Waals surface area (Å²) in [5.41, 5.74) is 4.84. The van der Waals surface area contributed by atoms with Gasteiger partial charge in [-0.2, -0.15) is 5.10 Å². The maximum absolute atomic E-state index is 14.5. The summed E-state index contributed by atoms with van der Waals surface area (Å²) in [6.45, 7) is 6.60. The second kappa shape index (κ2) is 9.40. The SMILES string of the molecule is Cc1nc2cc(N3CCOCC3)cc(-c3ccc(F)cc3F)c2nc1C.Cn1cccn1. The topological polar surface area (TPSA) is 56.1 Å². The van der Waals surface area contributed by atoms with Crippen molar-refractivity contribution < 1.29 is 13.5 Å². The number of nitrogens with zero attached hydrogens (tertiary/aromatic N) is 5. The minimum Gasteiger partial charge on any atom is -0.378 e. The molecule has 166 valence electrons. The Morgan fingerprint density at radius 3 is 2.31 bits per heavy atom. The standard InChI is InChI=1S/C20H19F2N3O.C4H6N2/c1-12-13(2)24-20-17(16-4-3-14(21)9-18(16)22)10-15(11-19(20)23-12)25-5-7-26-8-6-25;1-6-4-2-3-5-6/h3-4,9-11H,5-8H2,1-2H3;2-4H,1H3. The van der Waals surface area contributed by atoms with Crippen LogP contribution in [0.3, 0.4) is 0 Å². The molecule has 0 amide bonds. The van der Waals surface area contributed by atoms with Crippen molar-refractivity contribution in [3.05, 3.63) is 71.8 Å². The van der Waals surface area contributed by atoms with Gasteiger partial charge in [-0.3, -0.25) is 4.68 Å². The average molecular weight is 437 g/mol. The fourth-order valence-corrected chi connectivity index (χ4v) is 3.58. The van der Waals surface area contributed by atoms with Crippen molar-refractivity contribution in [2.24, 2.45) is 7.05 Å². The smallest absolute Gasteiger partial charge is 0.134 e. The number of aromatic nitrogens is 4. The molecular formula is C24H25F2N5O. The van der Waals surface area contributed by atoms with Crippen LogP contribution in [-0.4, -0.2) is 46.1 Å². The summed E-state index contributed by atoms with van der Waals surface area (Å²) in [4.78, 5) is 11.5. The molecule has 5 rings (SSSR count). The third-order valence-corrected chi connectivity index (χ3v) is 5.40. The van der Waals surface area contributed by atoms with Crippen LogP contribution in [0, 0.1) is 25.5 Å². The van der Waals surface area contributed by atoms with E-state index in [-0.39, 0.29) is 0 Å². The summed E-state index contributed by atoms with van der Waals surface area (Å²) in [6.07, 6.45) is 3.64. The first kappa shape index (κ1) is 21.8. The number of halogens is 2. The summed E-state index contributed by atoms with van der Waals surface area (Å²) < 4.78 is 35.0. The van der Waals surface area contributed by atoms with Crippen LogP contribution >= 0.6 is 0 Å². The lowest BCUT2D eigenvalue weighted by molar-refractivity contribution is 0.122. The van der Waals surface area contributed by atoms with E-state index in [9.17, 15) is 8.78 Å². The number of hydrogen-bond donors (Lipinski definition) is 0. The van der Waals surface area contributed by atoms with E-state index in [1.807, 2.05) is 45.3 Å². The van der Waals surface area contributed by atoms with Crippen LogP contribution in [0.5, 0.6) is 0 Å². The molecule has 0 bridgehead atoms. The van der Waals surface area contributed by atoms with E-state index >= 15 is 0 Å². The Morgan fingerprint density at radius 1 is 0.938 bits per heavy atom. The Labute approximate surface area is 185 Å². The van der Waals surface area contributed by atoms with Crippen LogP contribution in [0.2, 0.25) is 0 Å². The van der Waals surface area contributed by atoms with E-state index in [4.69, 9.17) is 4.74 Å². The molecule has 0 saturated carbocycles. The van der Waals surface area contributed by atoms with Gasteiger partial charge < -0.3 is 9.64 Å². The van der Waals surface area contributed by atoms with Crippen molar-refractivity contribution >= 4 is 16.7 Å². The molecule has 0 aliphatic carbocycles. The largest absolute Gasteiger partial charge is 0.378 e. The summed E-state index contributed by atoms with van der Waals surface area (Å²) in [6, 6.07) is 9.40. The molecule has 0 unspecified atom stereocenters. The van der Waals surface area contributed by atoms with E-state index in [0.29, 0.717) is 35.4 Å². The Morgan fingerprint density at radius 2 is 1.69 bits per heavy atom. The predicted octanol–water partition coefficient (Wildman–Crippen LogP) is 4.45. The van der Waals surface area contributed by atoms with Crippen molar-refractivity contribution in [1.82, 2.24) is 19.7 Å². The van der Waals surface area contributed by atoms with Crippen LogP contribution in [0.15, 0.2) is 48.8 Å². The van der Waals surface area contributed by atoms with Gasteiger partial charge in [0.25, 0.3) is 0 Å². The fourth-order valence-electron chi connectivity index (χ4n) is 3.58. The molecule has 0 atom stereocenters. The predicted molar refractivity (Wildman–Crippen MR) is 121 cm³/mol. The number of benzene rings is 2. The van der Waals surface area contributed by atoms with Crippen molar-refractivity contribution in [2.45, 2.75) is 13.8 Å². The lowest BCUT2D eigenvalue weighted by atomic mass is 10.0. The number of rotatable bonds is 2. The van der Waals surface area contributed by atoms with E-state index in [0.717, 1.165) is 36.2 Å². The van der Waals surface area contributed by atoms with Crippen LogP contribution in [0.4, 0.5) is 14.5 Å². The Kier molecular flexibility index (Phi) is 6.41. The molecule has 3 heterocycles. The lowest BCUT2D eigenvalue weighted by Crippen LogP contribution is -2.36. The van der Waals surface area contributed by atoms with Crippen molar-refractivity contribution in [2.75, 3.05) is 31.2 Å². The first-order valence-corrected chi connectivity index (χ1v) is 10.4. The summed E-state index contributed by atoms with van der Waals surface area (Å²) in [7, 11) is 1.89. The van der Waals surface area contributed by atoms with Gasteiger partial charge in [0.1, 0.15) is 11.6 Å². The van der Waals surface area contributed by atoms with Crippen LogP contribution in [0.1, 0.15) is 11.4 Å². The molecule has 6 nitrogen and oxygen atoms in total. The summed E-state index contributed by atoms with van der Waals surface area (Å²) in [5, 5.41) is 3.83. The molecule has 0 spiro atoms. The minimum absolute atomic E-state index is 0.323. The van der Waals surface area contributed by atoms with Crippen LogP contribution in [-0.2, 0) is 11.8 Å². The second-order valence-corrected chi connectivity index (χ2v) is 7.66. The average Bonchev–Trinajstić information content (AvgIpc) is 3.26. The molecule has 0 N–H and O–H groups in total.